The van der Waals surface area contributed by atoms with Crippen LogP contribution >= 0.6 is 11.9 Å². The maximum absolute atomic E-state index is 13.3. The summed E-state index contributed by atoms with van der Waals surface area (Å²) in [6.07, 6.45) is -4.43. The molecule has 11 heteroatoms. The number of benzene rings is 3. The highest BCUT2D eigenvalue weighted by Crippen LogP contribution is 2.34. The smallest absolute Gasteiger partial charge is 0.416 e. The SMILES string of the molecule is CCN(Sc1ccc(Oc2ccc(C(F)(F)F)cc2)cc1)S(=O)(=O)c1cc(C)c(C)c(C(=O)OC)c1. The third kappa shape index (κ3) is 6.21. The molecule has 0 spiro atoms. The van der Waals surface area contributed by atoms with Gasteiger partial charge in [0.1, 0.15) is 11.5 Å². The third-order valence-electron chi connectivity index (χ3n) is 5.32. The van der Waals surface area contributed by atoms with Gasteiger partial charge >= 0.3 is 12.1 Å². The molecule has 0 heterocycles. The van der Waals surface area contributed by atoms with E-state index in [1.54, 1.807) is 45.0 Å². The molecule has 0 unspecified atom stereocenters. The minimum atomic E-state index is -4.43. The molecule has 0 N–H and O–H groups in total. The first-order chi connectivity index (χ1) is 16.9. The first-order valence-electron chi connectivity index (χ1n) is 10.7. The summed E-state index contributed by atoms with van der Waals surface area (Å²) in [5.74, 6) is -0.00815. The second-order valence-corrected chi connectivity index (χ2v) is 10.9. The van der Waals surface area contributed by atoms with Gasteiger partial charge < -0.3 is 9.47 Å². The fourth-order valence-corrected chi connectivity index (χ4v) is 5.93. The lowest BCUT2D eigenvalue weighted by molar-refractivity contribution is -0.137. The lowest BCUT2D eigenvalue weighted by Crippen LogP contribution is -2.25. The Balaban J connectivity index is 1.78. The molecule has 0 aliphatic heterocycles. The van der Waals surface area contributed by atoms with Gasteiger partial charge in [0.2, 0.25) is 0 Å². The number of carbonyl (C=O) groups is 1. The van der Waals surface area contributed by atoms with Crippen molar-refractivity contribution in [3.8, 4) is 11.5 Å². The number of hydrogen-bond donors (Lipinski definition) is 0. The van der Waals surface area contributed by atoms with Crippen molar-refractivity contribution in [1.29, 1.82) is 0 Å². The fraction of sp³-hybridized carbons (Fsp3) is 0.240. The molecule has 0 bridgehead atoms. The van der Waals surface area contributed by atoms with Crippen molar-refractivity contribution in [3.63, 3.8) is 0 Å². The molecule has 3 aromatic carbocycles. The molecule has 0 radical (unpaired) electrons. The number of alkyl halides is 3. The second kappa shape index (κ2) is 10.9. The van der Waals surface area contributed by atoms with Crippen molar-refractivity contribution in [2.45, 2.75) is 36.7 Å². The van der Waals surface area contributed by atoms with E-state index >= 15 is 0 Å². The van der Waals surface area contributed by atoms with Gasteiger partial charge in [0.05, 0.1) is 23.1 Å². The average molecular weight is 540 g/mol. The van der Waals surface area contributed by atoms with Crippen LogP contribution in [0.2, 0.25) is 0 Å². The molecule has 3 aromatic rings. The topological polar surface area (TPSA) is 72.9 Å². The van der Waals surface area contributed by atoms with Crippen molar-refractivity contribution in [1.82, 2.24) is 3.71 Å². The van der Waals surface area contributed by atoms with Crippen LogP contribution in [0.3, 0.4) is 0 Å². The number of methoxy groups -OCH3 is 1. The van der Waals surface area contributed by atoms with Gasteiger partial charge in [-0.15, -0.1) is 3.71 Å². The molecule has 0 saturated heterocycles. The highest BCUT2D eigenvalue weighted by molar-refractivity contribution is 8.08. The zero-order valence-electron chi connectivity index (χ0n) is 19.9. The predicted octanol–water partition coefficient (Wildman–Crippen LogP) is 6.62. The number of esters is 1. The van der Waals surface area contributed by atoms with Crippen LogP contribution in [-0.2, 0) is 20.9 Å². The fourth-order valence-electron chi connectivity index (χ4n) is 3.23. The molecular formula is C25H24F3NO5S2. The Kier molecular flexibility index (Phi) is 8.37. The minimum Gasteiger partial charge on any atom is -0.465 e. The molecule has 0 atom stereocenters. The van der Waals surface area contributed by atoms with E-state index in [4.69, 9.17) is 9.47 Å². The Morgan fingerprint density at radius 2 is 1.53 bits per heavy atom. The number of aryl methyl sites for hydroxylation is 1. The van der Waals surface area contributed by atoms with Crippen molar-refractivity contribution in [2.75, 3.05) is 13.7 Å². The number of halogens is 3. The van der Waals surface area contributed by atoms with Crippen molar-refractivity contribution in [2.24, 2.45) is 0 Å². The van der Waals surface area contributed by atoms with E-state index in [0.717, 1.165) is 24.1 Å². The molecule has 0 saturated carbocycles. The van der Waals surface area contributed by atoms with Crippen molar-refractivity contribution < 1.29 is 35.9 Å². The van der Waals surface area contributed by atoms with Crippen LogP contribution < -0.4 is 4.74 Å². The number of ether oxygens (including phenoxy) is 2. The minimum absolute atomic E-state index is 0.0254. The first-order valence-corrected chi connectivity index (χ1v) is 12.9. The highest BCUT2D eigenvalue weighted by atomic mass is 32.3. The summed E-state index contributed by atoms with van der Waals surface area (Å²) in [7, 11) is -2.73. The van der Waals surface area contributed by atoms with E-state index in [-0.39, 0.29) is 22.8 Å². The van der Waals surface area contributed by atoms with Gasteiger partial charge in [0.15, 0.2) is 0 Å². The maximum Gasteiger partial charge on any atom is 0.416 e. The molecule has 0 aliphatic rings. The normalized spacial score (nSPS) is 12.0. The Bertz CT molecular complexity index is 1340. The Labute approximate surface area is 212 Å². The molecule has 0 aromatic heterocycles. The van der Waals surface area contributed by atoms with Crippen molar-refractivity contribution in [3.05, 3.63) is 82.9 Å². The number of hydrogen-bond acceptors (Lipinski definition) is 6. The number of nitrogens with zero attached hydrogens (tertiary/aromatic N) is 1. The van der Waals surface area contributed by atoms with Gasteiger partial charge in [0, 0.05) is 11.4 Å². The molecule has 0 fully saturated rings. The molecule has 6 nitrogen and oxygen atoms in total. The summed E-state index contributed by atoms with van der Waals surface area (Å²) >= 11 is 0.989. The highest BCUT2D eigenvalue weighted by Gasteiger charge is 2.30. The van der Waals surface area contributed by atoms with Gasteiger partial charge in [-0.3, -0.25) is 0 Å². The predicted molar refractivity (Wildman–Crippen MR) is 131 cm³/mol. The Morgan fingerprint density at radius 3 is 2.03 bits per heavy atom. The van der Waals surface area contributed by atoms with Gasteiger partial charge in [-0.25, -0.2) is 13.2 Å². The average Bonchev–Trinajstić information content (AvgIpc) is 2.84. The lowest BCUT2D eigenvalue weighted by Gasteiger charge is -2.20. The standard InChI is InChI=1S/C25H24F3NO5S2/c1-5-29(36(31,32)22-14-16(2)17(3)23(15-22)24(30)33-4)35-21-12-10-20(11-13-21)34-19-8-6-18(7-9-19)25(26,27)28/h6-15H,5H2,1-4H3. The van der Waals surface area contributed by atoms with E-state index in [1.807, 2.05) is 0 Å². The van der Waals surface area contributed by atoms with E-state index in [0.29, 0.717) is 21.8 Å². The van der Waals surface area contributed by atoms with Crippen LogP contribution in [0, 0.1) is 13.8 Å². The summed E-state index contributed by atoms with van der Waals surface area (Å²) in [4.78, 5) is 12.7. The monoisotopic (exact) mass is 539 g/mol. The first kappa shape index (κ1) is 27.6. The summed E-state index contributed by atoms with van der Waals surface area (Å²) in [6.45, 7) is 5.28. The van der Waals surface area contributed by atoms with Crippen LogP contribution in [0.25, 0.3) is 0 Å². The lowest BCUT2D eigenvalue weighted by atomic mass is 10.0. The number of carbonyl (C=O) groups excluding carboxylic acids is 1. The largest absolute Gasteiger partial charge is 0.465 e. The molecule has 192 valence electrons. The molecule has 3 rings (SSSR count). The zero-order chi connectivity index (χ0) is 26.7. The second-order valence-electron chi connectivity index (χ2n) is 7.72. The number of sulfonamides is 1. The van der Waals surface area contributed by atoms with E-state index < -0.39 is 27.7 Å². The van der Waals surface area contributed by atoms with E-state index in [2.05, 4.69) is 0 Å². The van der Waals surface area contributed by atoms with E-state index in [1.165, 1.54) is 35.1 Å². The molecule has 0 amide bonds. The third-order valence-corrected chi connectivity index (χ3v) is 8.70. The van der Waals surface area contributed by atoms with Gasteiger partial charge in [-0.2, -0.15) is 13.2 Å². The summed E-state index contributed by atoms with van der Waals surface area (Å²) < 4.78 is 76.4. The quantitative estimate of drug-likeness (QED) is 0.237. The maximum atomic E-state index is 13.3. The number of rotatable bonds is 8. The molecule has 36 heavy (non-hydrogen) atoms. The summed E-state index contributed by atoms with van der Waals surface area (Å²) in [6, 6.07) is 13.6. The van der Waals surface area contributed by atoms with Crippen LogP contribution in [0.4, 0.5) is 13.2 Å². The Morgan fingerprint density at radius 1 is 0.972 bits per heavy atom. The van der Waals surface area contributed by atoms with Gasteiger partial charge in [0.25, 0.3) is 10.0 Å². The molecule has 0 aliphatic carbocycles. The summed E-state index contributed by atoms with van der Waals surface area (Å²) in [5, 5.41) is 0. The van der Waals surface area contributed by atoms with Gasteiger partial charge in [-0.05, 0) is 97.6 Å². The zero-order valence-corrected chi connectivity index (χ0v) is 21.6. The van der Waals surface area contributed by atoms with Crippen LogP contribution in [-0.4, -0.2) is 31.8 Å². The van der Waals surface area contributed by atoms with Gasteiger partial charge in [-0.1, -0.05) is 6.92 Å². The molecular weight excluding hydrogens is 515 g/mol. The van der Waals surface area contributed by atoms with Crippen molar-refractivity contribution >= 4 is 27.9 Å². The summed E-state index contributed by atoms with van der Waals surface area (Å²) in [5.41, 5.74) is 0.689. The van der Waals surface area contributed by atoms with Crippen LogP contribution in [0.15, 0.2) is 70.5 Å². The van der Waals surface area contributed by atoms with Crippen LogP contribution in [0.5, 0.6) is 11.5 Å². The van der Waals surface area contributed by atoms with Crippen LogP contribution in [0.1, 0.15) is 34.0 Å². The Hall–Kier alpha value is -3.02. The van der Waals surface area contributed by atoms with E-state index in [9.17, 15) is 26.4 Å².